The molecule has 182 valence electrons. The molecule has 4 rings (SSSR count). The molecular weight excluding hydrogens is 440 g/mol. The van der Waals surface area contributed by atoms with Crippen LogP contribution in [0.15, 0.2) is 83.9 Å². The molecular formula is C29H32N2O4. The second-order valence-electron chi connectivity index (χ2n) is 8.84. The summed E-state index contributed by atoms with van der Waals surface area (Å²) in [6.07, 6.45) is 1.79. The van der Waals surface area contributed by atoms with Crippen LogP contribution >= 0.6 is 0 Å². The van der Waals surface area contributed by atoms with E-state index in [2.05, 4.69) is 36.5 Å². The van der Waals surface area contributed by atoms with Gasteiger partial charge in [0, 0.05) is 31.6 Å². The fraction of sp³-hybridized carbons (Fsp3) is 0.310. The zero-order valence-corrected chi connectivity index (χ0v) is 20.1. The number of rotatable bonds is 11. The van der Waals surface area contributed by atoms with Crippen molar-refractivity contribution in [3.63, 3.8) is 0 Å². The molecule has 2 N–H and O–H groups in total. The first-order valence-corrected chi connectivity index (χ1v) is 12.0. The lowest BCUT2D eigenvalue weighted by molar-refractivity contribution is -0.126. The van der Waals surface area contributed by atoms with Gasteiger partial charge in [0.2, 0.25) is 5.90 Å². The Morgan fingerprint density at radius 1 is 1.03 bits per heavy atom. The van der Waals surface area contributed by atoms with Gasteiger partial charge >= 0.3 is 0 Å². The van der Waals surface area contributed by atoms with Gasteiger partial charge in [0.1, 0.15) is 12.4 Å². The van der Waals surface area contributed by atoms with Crippen LogP contribution in [0.1, 0.15) is 28.7 Å². The average Bonchev–Trinajstić information content (AvgIpc) is 3.31. The van der Waals surface area contributed by atoms with Gasteiger partial charge in [-0.25, -0.2) is 4.99 Å². The first kappa shape index (κ1) is 24.5. The number of amides is 1. The maximum atomic E-state index is 13.5. The molecule has 6 heteroatoms. The highest BCUT2D eigenvalue weighted by molar-refractivity contribution is 6.00. The fourth-order valence-corrected chi connectivity index (χ4v) is 4.00. The Bertz CT molecular complexity index is 1130. The molecule has 0 unspecified atom stereocenters. The number of ether oxygens (including phenoxy) is 2. The summed E-state index contributed by atoms with van der Waals surface area (Å²) in [5.41, 5.74) is 3.19. The van der Waals surface area contributed by atoms with Crippen LogP contribution in [0.2, 0.25) is 0 Å². The maximum Gasteiger partial charge on any atom is 0.251 e. The maximum absolute atomic E-state index is 13.5. The van der Waals surface area contributed by atoms with Crippen LogP contribution in [-0.2, 0) is 22.4 Å². The smallest absolute Gasteiger partial charge is 0.251 e. The molecule has 0 aromatic heterocycles. The highest BCUT2D eigenvalue weighted by Gasteiger charge is 2.44. The lowest BCUT2D eigenvalue weighted by atomic mass is 9.91. The summed E-state index contributed by atoms with van der Waals surface area (Å²) < 4.78 is 11.6. The van der Waals surface area contributed by atoms with Crippen LogP contribution in [0, 0.1) is 6.92 Å². The van der Waals surface area contributed by atoms with Crippen LogP contribution in [0.5, 0.6) is 5.75 Å². The van der Waals surface area contributed by atoms with Crippen molar-refractivity contribution in [1.29, 1.82) is 0 Å². The number of nitrogens with zero attached hydrogens (tertiary/aromatic N) is 1. The van der Waals surface area contributed by atoms with E-state index in [0.29, 0.717) is 37.6 Å². The lowest BCUT2D eigenvalue weighted by Gasteiger charge is -2.23. The lowest BCUT2D eigenvalue weighted by Crippen LogP contribution is -2.48. The summed E-state index contributed by atoms with van der Waals surface area (Å²) in [6, 6.07) is 25.7. The Labute approximate surface area is 206 Å². The van der Waals surface area contributed by atoms with Gasteiger partial charge in [0.25, 0.3) is 5.91 Å². The van der Waals surface area contributed by atoms with Gasteiger partial charge < -0.3 is 19.9 Å². The highest BCUT2D eigenvalue weighted by Crippen LogP contribution is 2.27. The molecule has 0 fully saturated rings. The van der Waals surface area contributed by atoms with Crippen molar-refractivity contribution in [3.8, 4) is 5.75 Å². The summed E-state index contributed by atoms with van der Waals surface area (Å²) in [6.45, 7) is 3.33. The molecule has 1 heterocycles. The number of hydrogen-bond acceptors (Lipinski definition) is 5. The molecule has 0 spiro atoms. The Hall–Kier alpha value is -3.64. The Kier molecular flexibility index (Phi) is 8.16. The fourth-order valence-electron chi connectivity index (χ4n) is 4.00. The molecule has 1 atom stereocenters. The van der Waals surface area contributed by atoms with Crippen LogP contribution in [0.25, 0.3) is 0 Å². The van der Waals surface area contributed by atoms with Crippen LogP contribution in [0.4, 0.5) is 0 Å². The van der Waals surface area contributed by atoms with Crippen molar-refractivity contribution >= 4 is 11.8 Å². The minimum absolute atomic E-state index is 0.0965. The first-order chi connectivity index (χ1) is 17.1. The SMILES string of the molecule is Cc1ccc(CCNC(=O)[C@@]2(Cc3ccccc3)COC(c3ccc(OCCCO)cc3)=N2)cc1. The van der Waals surface area contributed by atoms with Crippen LogP contribution in [0.3, 0.4) is 0 Å². The van der Waals surface area contributed by atoms with E-state index in [1.165, 1.54) is 11.1 Å². The van der Waals surface area contributed by atoms with Gasteiger partial charge in [-0.2, -0.15) is 0 Å². The normalized spacial score (nSPS) is 16.9. The van der Waals surface area contributed by atoms with Gasteiger partial charge in [-0.05, 0) is 48.7 Å². The second-order valence-corrected chi connectivity index (χ2v) is 8.84. The largest absolute Gasteiger partial charge is 0.494 e. The van der Waals surface area contributed by atoms with Crippen molar-refractivity contribution in [2.24, 2.45) is 4.99 Å². The quantitative estimate of drug-likeness (QED) is 0.415. The van der Waals surface area contributed by atoms with E-state index in [9.17, 15) is 4.79 Å². The second kappa shape index (κ2) is 11.7. The summed E-state index contributed by atoms with van der Waals surface area (Å²) in [4.78, 5) is 18.3. The van der Waals surface area contributed by atoms with E-state index in [1.54, 1.807) is 0 Å². The van der Waals surface area contributed by atoms with E-state index in [1.807, 2.05) is 54.6 Å². The summed E-state index contributed by atoms with van der Waals surface area (Å²) in [7, 11) is 0. The molecule has 0 radical (unpaired) electrons. The van der Waals surface area contributed by atoms with Crippen molar-refractivity contribution in [1.82, 2.24) is 5.32 Å². The topological polar surface area (TPSA) is 80.2 Å². The molecule has 3 aromatic carbocycles. The third kappa shape index (κ3) is 6.49. The minimum atomic E-state index is -1.03. The number of benzene rings is 3. The van der Waals surface area contributed by atoms with Gasteiger partial charge in [-0.3, -0.25) is 4.79 Å². The van der Waals surface area contributed by atoms with E-state index >= 15 is 0 Å². The van der Waals surface area contributed by atoms with E-state index in [-0.39, 0.29) is 19.1 Å². The standard InChI is InChI=1S/C29H32N2O4/c1-22-8-10-23(11-9-22)16-17-30-28(33)29(20-24-6-3-2-4-7-24)21-35-27(31-29)25-12-14-26(15-13-25)34-19-5-18-32/h2-4,6-15,32H,5,16-21H2,1H3,(H,30,33)/t29-/m1/s1. The number of carbonyl (C=O) groups excluding carboxylic acids is 1. The van der Waals surface area contributed by atoms with Gasteiger partial charge in [-0.1, -0.05) is 60.2 Å². The Balaban J connectivity index is 1.49. The monoisotopic (exact) mass is 472 g/mol. The molecule has 1 aliphatic rings. The number of carbonyl (C=O) groups is 1. The van der Waals surface area contributed by atoms with Crippen molar-refractivity contribution in [2.75, 3.05) is 26.4 Å². The van der Waals surface area contributed by atoms with Gasteiger partial charge in [0.05, 0.1) is 6.61 Å². The third-order valence-electron chi connectivity index (χ3n) is 6.02. The van der Waals surface area contributed by atoms with Gasteiger partial charge in [-0.15, -0.1) is 0 Å². The number of aliphatic hydroxyl groups excluding tert-OH is 1. The predicted octanol–water partition coefficient (Wildman–Crippen LogP) is 3.87. The number of aryl methyl sites for hydroxylation is 1. The molecule has 0 bridgehead atoms. The summed E-state index contributed by atoms with van der Waals surface area (Å²) in [5.74, 6) is 1.04. The average molecular weight is 473 g/mol. The third-order valence-corrected chi connectivity index (χ3v) is 6.02. The minimum Gasteiger partial charge on any atom is -0.494 e. The number of aliphatic hydroxyl groups is 1. The van der Waals surface area contributed by atoms with Gasteiger partial charge in [0.15, 0.2) is 5.54 Å². The summed E-state index contributed by atoms with van der Waals surface area (Å²) in [5, 5.41) is 12.0. The molecule has 0 aliphatic carbocycles. The predicted molar refractivity (Wildman–Crippen MR) is 137 cm³/mol. The van der Waals surface area contributed by atoms with Crippen LogP contribution in [-0.4, -0.2) is 48.8 Å². The first-order valence-electron chi connectivity index (χ1n) is 12.0. The van der Waals surface area contributed by atoms with E-state index < -0.39 is 5.54 Å². The molecule has 3 aromatic rings. The van der Waals surface area contributed by atoms with Crippen molar-refractivity contribution in [2.45, 2.75) is 31.7 Å². The Morgan fingerprint density at radius 3 is 2.49 bits per heavy atom. The van der Waals surface area contributed by atoms with Crippen LogP contribution < -0.4 is 10.1 Å². The molecule has 1 aliphatic heterocycles. The number of aliphatic imine (C=N–C) groups is 1. The molecule has 0 saturated carbocycles. The molecule has 6 nitrogen and oxygen atoms in total. The number of nitrogens with one attached hydrogen (secondary N) is 1. The molecule has 1 amide bonds. The molecule has 0 saturated heterocycles. The zero-order valence-electron chi connectivity index (χ0n) is 20.1. The van der Waals surface area contributed by atoms with Crippen molar-refractivity contribution in [3.05, 3.63) is 101 Å². The summed E-state index contributed by atoms with van der Waals surface area (Å²) >= 11 is 0. The highest BCUT2D eigenvalue weighted by atomic mass is 16.5. The van der Waals surface area contributed by atoms with E-state index in [4.69, 9.17) is 19.6 Å². The number of hydrogen-bond donors (Lipinski definition) is 2. The Morgan fingerprint density at radius 2 is 1.77 bits per heavy atom. The molecule has 35 heavy (non-hydrogen) atoms. The van der Waals surface area contributed by atoms with Crippen molar-refractivity contribution < 1.29 is 19.4 Å². The van der Waals surface area contributed by atoms with E-state index in [0.717, 1.165) is 17.5 Å². The zero-order chi connectivity index (χ0) is 24.5.